The van der Waals surface area contributed by atoms with E-state index in [1.807, 2.05) is 60.7 Å². The highest BCUT2D eigenvalue weighted by molar-refractivity contribution is 7.99. The number of carbonyl (C=O) groups excluding carboxylic acids is 1. The summed E-state index contributed by atoms with van der Waals surface area (Å²) < 4.78 is 0. The molecule has 0 fully saturated rings. The molecule has 3 rings (SSSR count). The van der Waals surface area contributed by atoms with E-state index in [9.17, 15) is 4.79 Å². The van der Waals surface area contributed by atoms with Crippen molar-refractivity contribution in [2.24, 2.45) is 0 Å². The smallest absolute Gasteiger partial charge is 0.191 e. The van der Waals surface area contributed by atoms with Crippen molar-refractivity contribution < 1.29 is 4.79 Å². The van der Waals surface area contributed by atoms with Gasteiger partial charge in [0.1, 0.15) is 0 Å². The van der Waals surface area contributed by atoms with Crippen LogP contribution in [0.2, 0.25) is 0 Å². The molecule has 88 valence electrons. The van der Waals surface area contributed by atoms with Crippen molar-refractivity contribution in [2.45, 2.75) is 4.90 Å². The van der Waals surface area contributed by atoms with E-state index in [-0.39, 0.29) is 5.78 Å². The normalized spacial score (nSPS) is 16.7. The first-order valence-electron chi connectivity index (χ1n) is 5.87. The summed E-state index contributed by atoms with van der Waals surface area (Å²) in [5.74, 6) is 0.915. The second-order valence-electron chi connectivity index (χ2n) is 4.19. The van der Waals surface area contributed by atoms with Crippen LogP contribution < -0.4 is 0 Å². The number of fused-ring (bicyclic) bond motifs is 1. The number of thioether (sulfide) groups is 1. The number of benzene rings is 2. The molecule has 0 atom stereocenters. The first kappa shape index (κ1) is 11.3. The third-order valence-corrected chi connectivity index (χ3v) is 4.07. The molecule has 0 saturated heterocycles. The lowest BCUT2D eigenvalue weighted by Gasteiger charge is -2.16. The Balaban J connectivity index is 1.98. The number of rotatable bonds is 1. The van der Waals surface area contributed by atoms with E-state index in [1.54, 1.807) is 11.8 Å². The largest absolute Gasteiger partial charge is 0.289 e. The number of carbonyl (C=O) groups is 1. The fourth-order valence-corrected chi connectivity index (χ4v) is 3.05. The molecule has 0 aromatic heterocycles. The highest BCUT2D eigenvalue weighted by Crippen LogP contribution is 2.33. The summed E-state index contributed by atoms with van der Waals surface area (Å²) in [5, 5.41) is 0. The summed E-state index contributed by atoms with van der Waals surface area (Å²) in [7, 11) is 0. The molecule has 2 aromatic carbocycles. The molecular formula is C16H12OS. The van der Waals surface area contributed by atoms with Gasteiger partial charge in [0.15, 0.2) is 5.78 Å². The topological polar surface area (TPSA) is 17.1 Å². The molecule has 0 N–H and O–H groups in total. The molecule has 0 spiro atoms. The van der Waals surface area contributed by atoms with Gasteiger partial charge in [-0.05, 0) is 23.8 Å². The number of ketones is 1. The Kier molecular flexibility index (Phi) is 3.03. The highest BCUT2D eigenvalue weighted by atomic mass is 32.2. The first-order valence-corrected chi connectivity index (χ1v) is 6.85. The lowest BCUT2D eigenvalue weighted by molar-refractivity contribution is 0.103. The van der Waals surface area contributed by atoms with E-state index < -0.39 is 0 Å². The minimum atomic E-state index is 0.160. The van der Waals surface area contributed by atoms with E-state index in [0.717, 1.165) is 27.3 Å². The zero-order valence-corrected chi connectivity index (χ0v) is 10.6. The Labute approximate surface area is 111 Å². The number of hydrogen-bond donors (Lipinski definition) is 0. The Morgan fingerprint density at radius 1 is 0.944 bits per heavy atom. The molecule has 0 unspecified atom stereocenters. The van der Waals surface area contributed by atoms with Gasteiger partial charge >= 0.3 is 0 Å². The SMILES string of the molecule is O=C1/C(=C\c2ccccc2)CSc2ccccc21. The van der Waals surface area contributed by atoms with E-state index in [4.69, 9.17) is 0 Å². The average Bonchev–Trinajstić information content (AvgIpc) is 2.43. The van der Waals surface area contributed by atoms with E-state index >= 15 is 0 Å². The predicted molar refractivity (Wildman–Crippen MR) is 75.9 cm³/mol. The van der Waals surface area contributed by atoms with Crippen LogP contribution in [0.1, 0.15) is 15.9 Å². The molecule has 2 heteroatoms. The molecule has 1 aliphatic rings. The van der Waals surface area contributed by atoms with Gasteiger partial charge in [-0.2, -0.15) is 0 Å². The fourth-order valence-electron chi connectivity index (χ4n) is 2.03. The van der Waals surface area contributed by atoms with Crippen molar-refractivity contribution >= 4 is 23.6 Å². The van der Waals surface area contributed by atoms with Gasteiger partial charge in [-0.1, -0.05) is 42.5 Å². The zero-order chi connectivity index (χ0) is 12.4. The summed E-state index contributed by atoms with van der Waals surface area (Å²) in [6.07, 6.45) is 1.99. The van der Waals surface area contributed by atoms with Crippen LogP contribution >= 0.6 is 11.8 Å². The van der Waals surface area contributed by atoms with Gasteiger partial charge in [0, 0.05) is 21.8 Å². The Morgan fingerprint density at radius 2 is 1.67 bits per heavy atom. The maximum absolute atomic E-state index is 12.3. The first-order chi connectivity index (χ1) is 8.84. The molecule has 0 amide bonds. The summed E-state index contributed by atoms with van der Waals surface area (Å²) in [4.78, 5) is 13.4. The van der Waals surface area contributed by atoms with E-state index in [2.05, 4.69) is 0 Å². The van der Waals surface area contributed by atoms with Crippen molar-refractivity contribution in [3.05, 3.63) is 71.3 Å². The Morgan fingerprint density at radius 3 is 2.50 bits per heavy atom. The van der Waals surface area contributed by atoms with Crippen molar-refractivity contribution in [2.75, 3.05) is 5.75 Å². The maximum atomic E-state index is 12.3. The fraction of sp³-hybridized carbons (Fsp3) is 0.0625. The van der Waals surface area contributed by atoms with Crippen LogP contribution in [0.15, 0.2) is 65.1 Å². The van der Waals surface area contributed by atoms with Crippen LogP contribution in [0, 0.1) is 0 Å². The molecular weight excluding hydrogens is 240 g/mol. The molecule has 1 heterocycles. The summed E-state index contributed by atoms with van der Waals surface area (Å²) >= 11 is 1.73. The van der Waals surface area contributed by atoms with Gasteiger partial charge in [-0.25, -0.2) is 0 Å². The van der Waals surface area contributed by atoms with Crippen LogP contribution in [0.5, 0.6) is 0 Å². The summed E-state index contributed by atoms with van der Waals surface area (Å²) in [6.45, 7) is 0. The van der Waals surface area contributed by atoms with Crippen LogP contribution in [-0.4, -0.2) is 11.5 Å². The van der Waals surface area contributed by atoms with Crippen molar-refractivity contribution in [1.29, 1.82) is 0 Å². The predicted octanol–water partition coefficient (Wildman–Crippen LogP) is 4.06. The Bertz CT molecular complexity index is 614. The molecule has 0 aliphatic carbocycles. The summed E-state index contributed by atoms with van der Waals surface area (Å²) in [6, 6.07) is 17.8. The molecule has 0 saturated carbocycles. The number of Topliss-reactive ketones (excluding diaryl/α,β-unsaturated/α-hetero) is 1. The standard InChI is InChI=1S/C16H12OS/c17-16-13(10-12-6-2-1-3-7-12)11-18-15-9-5-4-8-14(15)16/h1-10H,11H2/b13-10-. The molecule has 2 aromatic rings. The van der Waals surface area contributed by atoms with Crippen LogP contribution in [-0.2, 0) is 0 Å². The van der Waals surface area contributed by atoms with Crippen molar-refractivity contribution in [3.63, 3.8) is 0 Å². The lowest BCUT2D eigenvalue weighted by Crippen LogP contribution is -2.11. The van der Waals surface area contributed by atoms with Gasteiger partial charge < -0.3 is 0 Å². The van der Waals surface area contributed by atoms with Gasteiger partial charge in [-0.3, -0.25) is 4.79 Å². The van der Waals surface area contributed by atoms with Crippen molar-refractivity contribution in [3.8, 4) is 0 Å². The highest BCUT2D eigenvalue weighted by Gasteiger charge is 2.21. The van der Waals surface area contributed by atoms with Crippen LogP contribution in [0.25, 0.3) is 6.08 Å². The molecule has 0 radical (unpaired) electrons. The lowest BCUT2D eigenvalue weighted by atomic mass is 10.0. The second kappa shape index (κ2) is 4.83. The average molecular weight is 252 g/mol. The Hall–Kier alpha value is -1.80. The third kappa shape index (κ3) is 2.12. The second-order valence-corrected chi connectivity index (χ2v) is 5.21. The maximum Gasteiger partial charge on any atom is 0.191 e. The minimum Gasteiger partial charge on any atom is -0.289 e. The minimum absolute atomic E-state index is 0.160. The quantitative estimate of drug-likeness (QED) is 0.712. The monoisotopic (exact) mass is 252 g/mol. The van der Waals surface area contributed by atoms with Crippen molar-refractivity contribution in [1.82, 2.24) is 0 Å². The van der Waals surface area contributed by atoms with Crippen LogP contribution in [0.3, 0.4) is 0 Å². The van der Waals surface area contributed by atoms with Gasteiger partial charge in [0.2, 0.25) is 0 Å². The van der Waals surface area contributed by atoms with Crippen LogP contribution in [0.4, 0.5) is 0 Å². The summed E-state index contributed by atoms with van der Waals surface area (Å²) in [5.41, 5.74) is 2.79. The van der Waals surface area contributed by atoms with Gasteiger partial charge in [0.25, 0.3) is 0 Å². The van der Waals surface area contributed by atoms with Gasteiger partial charge in [0.05, 0.1) is 0 Å². The molecule has 1 aliphatic heterocycles. The number of hydrogen-bond acceptors (Lipinski definition) is 2. The molecule has 1 nitrogen and oxygen atoms in total. The zero-order valence-electron chi connectivity index (χ0n) is 9.80. The van der Waals surface area contributed by atoms with E-state index in [1.165, 1.54) is 0 Å². The molecule has 0 bridgehead atoms. The van der Waals surface area contributed by atoms with Gasteiger partial charge in [-0.15, -0.1) is 11.8 Å². The molecule has 18 heavy (non-hydrogen) atoms. The van der Waals surface area contributed by atoms with E-state index in [0.29, 0.717) is 0 Å². The third-order valence-electron chi connectivity index (χ3n) is 2.95.